The van der Waals surface area contributed by atoms with Gasteiger partial charge in [0.05, 0.1) is 160 Å². The number of hydrogen-bond acceptors (Lipinski definition) is 26. The normalized spacial score (nSPS) is 15.4. The molecule has 0 radical (unpaired) electrons. The van der Waals surface area contributed by atoms with E-state index >= 15 is 0 Å². The number of ether oxygens (including phenoxy) is 11. The lowest BCUT2D eigenvalue weighted by Crippen LogP contribution is -2.54. The number of primary amides is 2. The van der Waals surface area contributed by atoms with Crippen LogP contribution in [0.4, 0.5) is 16.2 Å². The number of urea groups is 1. The SMILES string of the molecule is CC(C)N/C1=C(\N)c2ccccc2N(C(=O)CCC(=O)NCCOCCOCCOCCOCCC(=O)N[C@H](CCCCNC(=O)COC2CCCC(N(CCCCC(=O)Nc3ccc(COC(=O)C(C)C)cc3)C(N)=O)CC(NCCOCCOCCOCCOCCOCCP(=O)(O)O)=C2NN)C(=O)N[C@H](C(N)=O)C(C)C)Cc2ccccc21. The fourth-order valence-corrected chi connectivity index (χ4v) is 13.1. The molecular weight excluding hydrogens is 1590 g/mol. The number of unbranched alkanes of at least 4 members (excludes halogenated alkanes) is 2. The van der Waals surface area contributed by atoms with Crippen molar-refractivity contribution in [3.63, 3.8) is 0 Å². The van der Waals surface area contributed by atoms with Crippen LogP contribution in [0, 0.1) is 11.8 Å². The lowest BCUT2D eigenvalue weighted by molar-refractivity contribution is -0.148. The number of hydrogen-bond donors (Lipinski definition) is 14. The van der Waals surface area contributed by atoms with Crippen molar-refractivity contribution < 1.29 is 110 Å². The number of carbonyl (C=O) groups excluding carboxylic acids is 9. The second kappa shape index (κ2) is 59.0. The van der Waals surface area contributed by atoms with Crippen LogP contribution in [0.25, 0.3) is 11.4 Å². The Morgan fingerprint density at radius 1 is 0.595 bits per heavy atom. The first kappa shape index (κ1) is 103. The number of hydrazine groups is 1. The summed E-state index contributed by atoms with van der Waals surface area (Å²) < 4.78 is 72.6. The summed E-state index contributed by atoms with van der Waals surface area (Å²) in [6.45, 7) is 16.3. The predicted octanol–water partition coefficient (Wildman–Crippen LogP) is 3.81. The molecule has 3 aromatic carbocycles. The average molecular weight is 1730 g/mol. The molecular formula is C83H133N14O23P. The standard InChI is InChI=1S/C83H133N14O23P/c1-58(2)77(80(85)103)94-81(104)67(93-73(100)30-35-110-38-41-113-44-45-115-43-40-112-37-33-90-71(98)28-29-75(102)97-55-62-16-7-8-18-65(62)78(91-60(5)6)76(84)66-19-9-10-21-69(66)97)20-11-13-31-89-74(101)57-119-70-22-15-17-64(96(83(86)106)34-14-12-23-72(99)92-63-26-24-61(25-27-63)56-120-82(105)59(3)4)54-68(79(70)95-87)88-32-36-111-39-42-114-46-47-116-48-49-117-50-51-118-52-53-121(107,108)109/h7-10,16,18-19,21,24-27,58-60,64,67,70,77,88,91,95H,11-15,17,20,22-23,28-57,84,87H2,1-6H3,(H2,85,103)(H2,86,106)(H,89,101)(H,90,98)(H,92,99)(H,93,100)(H,94,104)(H2,107,108,109)/b78-76-,79-68?/t64?,67-,70?,77+/m1/s1. The van der Waals surface area contributed by atoms with Gasteiger partial charge >= 0.3 is 19.6 Å². The Kier molecular flexibility index (Phi) is 50.0. The smallest absolute Gasteiger partial charge is 0.327 e. The zero-order valence-electron chi connectivity index (χ0n) is 71.2. The van der Waals surface area contributed by atoms with Crippen LogP contribution in [0.3, 0.4) is 0 Å². The zero-order chi connectivity index (χ0) is 88.2. The molecule has 1 aliphatic heterocycles. The number of nitrogens with one attached hydrogen (secondary N) is 8. The Labute approximate surface area is 710 Å². The lowest BCUT2D eigenvalue weighted by Gasteiger charge is -2.35. The molecule has 0 bridgehead atoms. The van der Waals surface area contributed by atoms with Gasteiger partial charge in [0.1, 0.15) is 31.4 Å². The Balaban J connectivity index is 1.01. The van der Waals surface area contributed by atoms with Gasteiger partial charge in [0, 0.05) is 92.9 Å². The summed E-state index contributed by atoms with van der Waals surface area (Å²) in [7, 11) is -4.11. The first-order chi connectivity index (χ1) is 58.1. The number of para-hydroxylation sites is 1. The first-order valence-corrected chi connectivity index (χ1v) is 43.5. The van der Waals surface area contributed by atoms with Gasteiger partial charge in [-0.25, -0.2) is 4.79 Å². The van der Waals surface area contributed by atoms with E-state index in [1.54, 1.807) is 61.8 Å². The quantitative estimate of drug-likeness (QED) is 0.0126. The highest BCUT2D eigenvalue weighted by molar-refractivity contribution is 7.51. The number of nitrogens with two attached hydrogens (primary N) is 4. The van der Waals surface area contributed by atoms with Gasteiger partial charge in [-0.2, -0.15) is 0 Å². The van der Waals surface area contributed by atoms with E-state index in [4.69, 9.17) is 84.9 Å². The van der Waals surface area contributed by atoms with E-state index in [1.807, 2.05) is 62.4 Å². The third-order valence-electron chi connectivity index (χ3n) is 19.1. The Morgan fingerprint density at radius 3 is 1.76 bits per heavy atom. The van der Waals surface area contributed by atoms with Crippen molar-refractivity contribution in [3.8, 4) is 0 Å². The van der Waals surface area contributed by atoms with Gasteiger partial charge in [-0.15, -0.1) is 0 Å². The summed E-state index contributed by atoms with van der Waals surface area (Å²) in [5, 5.41) is 20.9. The summed E-state index contributed by atoms with van der Waals surface area (Å²) in [5.74, 6) is 2.42. The summed E-state index contributed by atoms with van der Waals surface area (Å²) in [5.41, 5.74) is 28.3. The molecule has 1 aliphatic carbocycles. The van der Waals surface area contributed by atoms with Gasteiger partial charge in [-0.05, 0) is 100 Å². The van der Waals surface area contributed by atoms with E-state index in [9.17, 15) is 47.7 Å². The molecule has 121 heavy (non-hydrogen) atoms. The molecule has 3 aromatic rings. The molecule has 0 saturated carbocycles. The van der Waals surface area contributed by atoms with Gasteiger partial charge in [0.25, 0.3) is 0 Å². The minimum Gasteiger partial charge on any atom is -0.461 e. The zero-order valence-corrected chi connectivity index (χ0v) is 72.1. The molecule has 0 saturated heterocycles. The maximum atomic E-state index is 13.8. The van der Waals surface area contributed by atoms with E-state index in [2.05, 4.69) is 42.6 Å². The van der Waals surface area contributed by atoms with Gasteiger partial charge < -0.3 is 132 Å². The second-order valence-electron chi connectivity index (χ2n) is 29.9. The van der Waals surface area contributed by atoms with Crippen LogP contribution in [-0.4, -0.2) is 256 Å². The van der Waals surface area contributed by atoms with Crippen LogP contribution in [0.1, 0.15) is 147 Å². The molecule has 9 amide bonds. The molecule has 0 spiro atoms. The molecule has 38 heteroatoms. The highest BCUT2D eigenvalue weighted by Gasteiger charge is 2.33. The Bertz CT molecular complexity index is 3740. The van der Waals surface area contributed by atoms with Crippen molar-refractivity contribution in [1.29, 1.82) is 0 Å². The highest BCUT2D eigenvalue weighted by atomic mass is 31.2. The number of esters is 1. The molecule has 1 heterocycles. The number of fused-ring (bicyclic) bond motifs is 2. The molecule has 2 aliphatic rings. The maximum Gasteiger partial charge on any atom is 0.327 e. The van der Waals surface area contributed by atoms with Crippen LogP contribution >= 0.6 is 7.60 Å². The topological polar surface area (TPSA) is 519 Å². The number of carbonyl (C=O) groups is 9. The first-order valence-electron chi connectivity index (χ1n) is 41.7. The Hall–Kier alpha value is -8.92. The summed E-state index contributed by atoms with van der Waals surface area (Å²) >= 11 is 0. The fourth-order valence-electron chi connectivity index (χ4n) is 12.8. The average Bonchev–Trinajstić information content (AvgIpc) is 0.768. The summed E-state index contributed by atoms with van der Waals surface area (Å²) in [6.07, 6.45) is 2.53. The summed E-state index contributed by atoms with van der Waals surface area (Å²) in [6, 6.07) is 19.4. The molecule has 5 rings (SSSR count). The van der Waals surface area contributed by atoms with E-state index in [0.717, 1.165) is 28.0 Å². The molecule has 0 fully saturated rings. The third kappa shape index (κ3) is 42.1. The number of amides is 9. The molecule has 2 unspecified atom stereocenters. The fraction of sp³-hybridized carbons (Fsp3) is 0.627. The van der Waals surface area contributed by atoms with Crippen molar-refractivity contribution in [3.05, 3.63) is 106 Å². The van der Waals surface area contributed by atoms with E-state index in [1.165, 1.54) is 0 Å². The number of benzene rings is 3. The molecule has 678 valence electrons. The van der Waals surface area contributed by atoms with Gasteiger partial charge in [0.2, 0.25) is 41.4 Å². The maximum absolute atomic E-state index is 13.8. The van der Waals surface area contributed by atoms with Crippen molar-refractivity contribution >= 4 is 83.7 Å². The highest BCUT2D eigenvalue weighted by Crippen LogP contribution is 2.36. The van der Waals surface area contributed by atoms with Crippen LogP contribution < -0.4 is 70.6 Å². The van der Waals surface area contributed by atoms with Crippen molar-refractivity contribution in [2.45, 2.75) is 168 Å². The molecule has 0 aromatic heterocycles. The van der Waals surface area contributed by atoms with Crippen molar-refractivity contribution in [2.75, 3.05) is 168 Å². The van der Waals surface area contributed by atoms with Crippen molar-refractivity contribution in [1.82, 2.24) is 42.2 Å². The van der Waals surface area contributed by atoms with Gasteiger partial charge in [0.15, 0.2) is 0 Å². The van der Waals surface area contributed by atoms with E-state index in [0.29, 0.717) is 113 Å². The monoisotopic (exact) mass is 1720 g/mol. The number of anilines is 2. The molecule has 18 N–H and O–H groups in total. The molecule has 37 nitrogen and oxygen atoms in total. The van der Waals surface area contributed by atoms with Crippen LogP contribution in [0.15, 0.2) is 84.2 Å². The van der Waals surface area contributed by atoms with E-state index in [-0.39, 0.29) is 212 Å². The lowest BCUT2D eigenvalue weighted by atomic mass is 9.94. The number of nitrogens with zero attached hydrogens (tertiary/aromatic N) is 2. The van der Waals surface area contributed by atoms with Gasteiger partial charge in [-0.3, -0.25) is 48.8 Å². The van der Waals surface area contributed by atoms with Crippen LogP contribution in [0.2, 0.25) is 0 Å². The van der Waals surface area contributed by atoms with Crippen LogP contribution in [0.5, 0.6) is 0 Å². The van der Waals surface area contributed by atoms with Crippen molar-refractivity contribution in [2.24, 2.45) is 34.9 Å². The second-order valence-corrected chi connectivity index (χ2v) is 31.7. The number of rotatable bonds is 63. The van der Waals surface area contributed by atoms with Gasteiger partial charge in [-0.1, -0.05) is 82.3 Å². The minimum absolute atomic E-state index is 0.00769. The minimum atomic E-state index is -4.11. The Morgan fingerprint density at radius 2 is 1.17 bits per heavy atom. The third-order valence-corrected chi connectivity index (χ3v) is 19.9. The molecule has 4 atom stereocenters. The van der Waals surface area contributed by atoms with E-state index < -0.39 is 61.5 Å². The van der Waals surface area contributed by atoms with Crippen LogP contribution in [-0.2, 0) is 108 Å². The largest absolute Gasteiger partial charge is 0.461 e. The predicted molar refractivity (Wildman–Crippen MR) is 453 cm³/mol. The summed E-state index contributed by atoms with van der Waals surface area (Å²) in [4.78, 5) is 139.